The Morgan fingerprint density at radius 2 is 1.63 bits per heavy atom. The molecule has 0 radical (unpaired) electrons. The molecular weight excluding hydrogens is 522 g/mol. The van der Waals surface area contributed by atoms with Gasteiger partial charge in [0.15, 0.2) is 0 Å². The minimum absolute atomic E-state index is 0.0610. The van der Waals surface area contributed by atoms with Gasteiger partial charge in [0, 0.05) is 44.4 Å². The molecule has 5 N–H and O–H groups in total. The molecule has 3 aromatic carbocycles. The van der Waals surface area contributed by atoms with E-state index in [1.807, 2.05) is 49.4 Å². The van der Waals surface area contributed by atoms with E-state index in [1.165, 1.54) is 11.0 Å². The van der Waals surface area contributed by atoms with Crippen LogP contribution < -0.4 is 25.7 Å². The Bertz CT molecular complexity index is 1410. The first-order valence-electron chi connectivity index (χ1n) is 13.3. The lowest BCUT2D eigenvalue weighted by molar-refractivity contribution is -0.123. The van der Waals surface area contributed by atoms with Gasteiger partial charge in [-0.2, -0.15) is 0 Å². The van der Waals surface area contributed by atoms with Crippen LogP contribution in [-0.4, -0.2) is 78.9 Å². The van der Waals surface area contributed by atoms with Crippen molar-refractivity contribution in [1.29, 1.82) is 0 Å². The molecule has 1 aliphatic heterocycles. The van der Waals surface area contributed by atoms with Crippen molar-refractivity contribution in [1.82, 2.24) is 10.2 Å². The van der Waals surface area contributed by atoms with E-state index in [4.69, 9.17) is 9.47 Å². The summed E-state index contributed by atoms with van der Waals surface area (Å²) in [5.74, 6) is 1.17. The minimum atomic E-state index is -1.62. The summed E-state index contributed by atoms with van der Waals surface area (Å²) in [6.45, 7) is 3.60. The van der Waals surface area contributed by atoms with Crippen molar-refractivity contribution in [3.63, 3.8) is 0 Å². The number of allylic oxidation sites excluding steroid dienone is 1. The van der Waals surface area contributed by atoms with Crippen molar-refractivity contribution in [2.45, 2.75) is 13.0 Å². The van der Waals surface area contributed by atoms with Crippen LogP contribution in [0.2, 0.25) is 0 Å². The Labute approximate surface area is 240 Å². The molecule has 1 aliphatic rings. The number of likely N-dealkylation sites (N-methyl/N-ethyl adjacent to an activating group) is 1. The highest BCUT2D eigenvalue weighted by Crippen LogP contribution is 2.46. The molecule has 1 amide bonds. The average Bonchev–Trinajstić information content (AvgIpc) is 2.96. The Hall–Kier alpha value is -3.86. The van der Waals surface area contributed by atoms with E-state index in [-0.39, 0.29) is 5.91 Å². The quantitative estimate of drug-likeness (QED) is 0.133. The Morgan fingerprint density at radius 1 is 0.976 bits per heavy atom. The van der Waals surface area contributed by atoms with Crippen molar-refractivity contribution in [2.75, 3.05) is 33.8 Å². The van der Waals surface area contributed by atoms with Gasteiger partial charge in [-0.25, -0.2) is 0 Å². The monoisotopic (exact) mass is 556 g/mol. The molecule has 41 heavy (non-hydrogen) atoms. The number of amides is 1. The van der Waals surface area contributed by atoms with Crippen molar-refractivity contribution >= 4 is 42.2 Å². The number of rotatable bonds is 11. The zero-order chi connectivity index (χ0) is 29.5. The lowest BCUT2D eigenvalue weighted by atomic mass is 9.77. The van der Waals surface area contributed by atoms with Crippen LogP contribution in [0.3, 0.4) is 0 Å². The number of benzene rings is 3. The summed E-state index contributed by atoms with van der Waals surface area (Å²) in [7, 11) is 0.230. The van der Waals surface area contributed by atoms with Crippen LogP contribution >= 0.6 is 0 Å². The predicted octanol–water partition coefficient (Wildman–Crippen LogP) is 0.723. The molecule has 0 spiro atoms. The van der Waals surface area contributed by atoms with E-state index < -0.39 is 20.3 Å². The molecule has 0 aliphatic carbocycles. The van der Waals surface area contributed by atoms with E-state index >= 15 is 0 Å². The third-order valence-electron chi connectivity index (χ3n) is 6.83. The number of ether oxygens (including phenoxy) is 2. The normalized spacial score (nSPS) is 14.5. The van der Waals surface area contributed by atoms with Crippen LogP contribution in [0.1, 0.15) is 29.7 Å². The molecule has 0 saturated heterocycles. The third kappa shape index (κ3) is 7.46. The standard InChI is InChI=1S/C30H34B2N2O7/c1-20-26-15-12-24(32(38)39)19-27(26)41-30(29(20)21-6-10-23(11-7-21)31(36)37)22-8-13-25(14-9-22)40-18-17-33-16-4-5-28(35)34(2)3/h4-15,19,30,33,36-39H,16-18H2,1-3H3/b5-4+/t30-/m0/s1. The molecule has 9 nitrogen and oxygen atoms in total. The molecule has 0 bridgehead atoms. The highest BCUT2D eigenvalue weighted by molar-refractivity contribution is 6.59. The largest absolute Gasteiger partial charge is 0.492 e. The van der Waals surface area contributed by atoms with Gasteiger partial charge in [-0.15, -0.1) is 0 Å². The molecular formula is C30H34B2N2O7. The van der Waals surface area contributed by atoms with Gasteiger partial charge >= 0.3 is 14.2 Å². The van der Waals surface area contributed by atoms with Crippen LogP contribution in [0.15, 0.2) is 78.9 Å². The molecule has 0 aromatic heterocycles. The molecule has 4 rings (SSSR count). The van der Waals surface area contributed by atoms with Gasteiger partial charge in [0.2, 0.25) is 5.91 Å². The summed E-state index contributed by atoms with van der Waals surface area (Å²) in [6, 6.07) is 19.7. The molecule has 3 aromatic rings. The first-order chi connectivity index (χ1) is 19.7. The average molecular weight is 556 g/mol. The van der Waals surface area contributed by atoms with Gasteiger partial charge < -0.3 is 39.8 Å². The summed E-state index contributed by atoms with van der Waals surface area (Å²) in [4.78, 5) is 13.1. The number of nitrogens with one attached hydrogen (secondary N) is 1. The van der Waals surface area contributed by atoms with E-state index in [9.17, 15) is 24.9 Å². The van der Waals surface area contributed by atoms with Crippen LogP contribution in [-0.2, 0) is 4.79 Å². The minimum Gasteiger partial charge on any atom is -0.492 e. The zero-order valence-corrected chi connectivity index (χ0v) is 23.3. The van der Waals surface area contributed by atoms with E-state index in [1.54, 1.807) is 44.4 Å². The molecule has 1 heterocycles. The number of fused-ring (bicyclic) bond motifs is 1. The Balaban J connectivity index is 1.51. The number of carbonyl (C=O) groups excluding carboxylic acids is 1. The molecule has 0 saturated carbocycles. The lowest BCUT2D eigenvalue weighted by Gasteiger charge is -2.31. The van der Waals surface area contributed by atoms with Crippen molar-refractivity contribution in [3.05, 3.63) is 95.6 Å². The van der Waals surface area contributed by atoms with E-state index in [2.05, 4.69) is 5.32 Å². The number of hydrogen-bond acceptors (Lipinski definition) is 8. The lowest BCUT2D eigenvalue weighted by Crippen LogP contribution is -2.30. The van der Waals surface area contributed by atoms with Crippen molar-refractivity contribution in [3.8, 4) is 11.5 Å². The predicted molar refractivity (Wildman–Crippen MR) is 161 cm³/mol. The van der Waals surface area contributed by atoms with Crippen LogP contribution in [0.25, 0.3) is 11.1 Å². The fraction of sp³-hybridized carbons (Fsp3) is 0.233. The van der Waals surface area contributed by atoms with E-state index in [0.717, 1.165) is 27.8 Å². The van der Waals surface area contributed by atoms with Gasteiger partial charge in [0.05, 0.1) is 0 Å². The molecule has 1 atom stereocenters. The van der Waals surface area contributed by atoms with Crippen molar-refractivity contribution in [2.24, 2.45) is 0 Å². The third-order valence-corrected chi connectivity index (χ3v) is 6.83. The number of carbonyl (C=O) groups is 1. The molecule has 0 fully saturated rings. The molecule has 0 unspecified atom stereocenters. The topological polar surface area (TPSA) is 132 Å². The van der Waals surface area contributed by atoms with Gasteiger partial charge in [0.1, 0.15) is 24.2 Å². The SMILES string of the molecule is CC1=C(c2ccc(B(O)O)cc2)[C@H](c2ccc(OCCNC/C=C/C(=O)N(C)C)cc2)Oc2cc(B(O)O)ccc21. The maximum Gasteiger partial charge on any atom is 0.488 e. The molecule has 11 heteroatoms. The first-order valence-corrected chi connectivity index (χ1v) is 13.3. The first kappa shape index (κ1) is 30.1. The van der Waals surface area contributed by atoms with Crippen molar-refractivity contribution < 1.29 is 34.4 Å². The van der Waals surface area contributed by atoms with E-state index in [0.29, 0.717) is 42.1 Å². The van der Waals surface area contributed by atoms with Gasteiger partial charge in [0.25, 0.3) is 0 Å². The summed E-state index contributed by atoms with van der Waals surface area (Å²) in [5, 5.41) is 41.6. The summed E-state index contributed by atoms with van der Waals surface area (Å²) in [5.41, 5.74) is 5.15. The van der Waals surface area contributed by atoms with Gasteiger partial charge in [-0.3, -0.25) is 4.79 Å². The number of hydrogen-bond donors (Lipinski definition) is 5. The Kier molecular flexibility index (Phi) is 10.0. The van der Waals surface area contributed by atoms with Gasteiger partial charge in [-0.1, -0.05) is 54.6 Å². The van der Waals surface area contributed by atoms with Crippen LogP contribution in [0.4, 0.5) is 0 Å². The fourth-order valence-corrected chi connectivity index (χ4v) is 4.55. The zero-order valence-electron chi connectivity index (χ0n) is 23.3. The summed E-state index contributed by atoms with van der Waals surface area (Å²) >= 11 is 0. The highest BCUT2D eigenvalue weighted by Gasteiger charge is 2.30. The maximum absolute atomic E-state index is 11.6. The number of nitrogens with zero attached hydrogens (tertiary/aromatic N) is 1. The molecule has 212 valence electrons. The maximum atomic E-state index is 11.6. The summed E-state index contributed by atoms with van der Waals surface area (Å²) < 4.78 is 12.3. The van der Waals surface area contributed by atoms with Crippen LogP contribution in [0.5, 0.6) is 11.5 Å². The van der Waals surface area contributed by atoms with Gasteiger partial charge in [-0.05, 0) is 52.7 Å². The smallest absolute Gasteiger partial charge is 0.488 e. The Morgan fingerprint density at radius 3 is 2.27 bits per heavy atom. The second-order valence-electron chi connectivity index (χ2n) is 9.92. The highest BCUT2D eigenvalue weighted by atomic mass is 16.5. The second-order valence-corrected chi connectivity index (χ2v) is 9.92. The second kappa shape index (κ2) is 13.7. The van der Waals surface area contributed by atoms with Crippen LogP contribution in [0, 0.1) is 0 Å². The fourth-order valence-electron chi connectivity index (χ4n) is 4.55. The summed E-state index contributed by atoms with van der Waals surface area (Å²) in [6.07, 6.45) is 2.79.